The zero-order valence-corrected chi connectivity index (χ0v) is 9.25. The second-order valence-corrected chi connectivity index (χ2v) is 3.38. The Morgan fingerprint density at radius 3 is 2.78 bits per heavy atom. The number of amides is 2. The molecule has 18 heavy (non-hydrogen) atoms. The lowest BCUT2D eigenvalue weighted by Gasteiger charge is -2.09. The Hall–Kier alpha value is -2.59. The molecule has 1 aromatic carbocycles. The van der Waals surface area contributed by atoms with Gasteiger partial charge in [-0.05, 0) is 18.2 Å². The number of hydrogen-bond donors (Lipinski definition) is 4. The van der Waals surface area contributed by atoms with E-state index in [-0.39, 0.29) is 0 Å². The van der Waals surface area contributed by atoms with Gasteiger partial charge in [0.1, 0.15) is 0 Å². The summed E-state index contributed by atoms with van der Waals surface area (Å²) in [4.78, 5) is 21.6. The second-order valence-electron chi connectivity index (χ2n) is 3.38. The zero-order chi connectivity index (χ0) is 13.5. The van der Waals surface area contributed by atoms with Gasteiger partial charge in [-0.2, -0.15) is 5.26 Å². The van der Waals surface area contributed by atoms with E-state index in [0.29, 0.717) is 11.3 Å². The summed E-state index contributed by atoms with van der Waals surface area (Å²) in [5.41, 5.74) is 0.787. The highest BCUT2D eigenvalue weighted by atomic mass is 16.4. The van der Waals surface area contributed by atoms with Crippen molar-refractivity contribution >= 4 is 17.7 Å². The molecule has 7 nitrogen and oxygen atoms in total. The van der Waals surface area contributed by atoms with E-state index >= 15 is 0 Å². The van der Waals surface area contributed by atoms with E-state index in [1.807, 2.05) is 6.07 Å². The molecule has 0 fully saturated rings. The molecule has 0 spiro atoms. The van der Waals surface area contributed by atoms with Crippen LogP contribution in [0.25, 0.3) is 0 Å². The van der Waals surface area contributed by atoms with Crippen LogP contribution in [0.15, 0.2) is 24.3 Å². The number of aliphatic carboxylic acids is 1. The molecule has 0 aliphatic heterocycles. The highest BCUT2D eigenvalue weighted by Crippen LogP contribution is 2.09. The van der Waals surface area contributed by atoms with Crippen LogP contribution >= 0.6 is 0 Å². The number of nitriles is 1. The molecule has 0 radical (unpaired) electrons. The van der Waals surface area contributed by atoms with Crippen molar-refractivity contribution in [2.45, 2.75) is 6.10 Å². The third kappa shape index (κ3) is 4.11. The fourth-order valence-electron chi connectivity index (χ4n) is 1.12. The van der Waals surface area contributed by atoms with E-state index in [2.05, 4.69) is 10.6 Å². The molecule has 1 atom stereocenters. The van der Waals surface area contributed by atoms with Gasteiger partial charge in [0.15, 0.2) is 6.10 Å². The lowest BCUT2D eigenvalue weighted by molar-refractivity contribution is -0.146. The molecule has 1 aromatic rings. The molecule has 0 unspecified atom stereocenters. The van der Waals surface area contributed by atoms with Crippen molar-refractivity contribution in [3.8, 4) is 6.07 Å². The average molecular weight is 249 g/mol. The van der Waals surface area contributed by atoms with Gasteiger partial charge in [0.25, 0.3) is 0 Å². The maximum absolute atomic E-state index is 11.3. The fourth-order valence-corrected chi connectivity index (χ4v) is 1.12. The lowest BCUT2D eigenvalue weighted by Crippen LogP contribution is -2.38. The highest BCUT2D eigenvalue weighted by molar-refractivity contribution is 5.89. The molecule has 0 saturated carbocycles. The first kappa shape index (κ1) is 13.5. The minimum atomic E-state index is -1.65. The monoisotopic (exact) mass is 249 g/mol. The summed E-state index contributed by atoms with van der Waals surface area (Å²) in [6.07, 6.45) is -1.65. The van der Waals surface area contributed by atoms with Crippen LogP contribution in [0.4, 0.5) is 10.5 Å². The number of hydrogen-bond acceptors (Lipinski definition) is 4. The topological polar surface area (TPSA) is 122 Å². The first-order valence-electron chi connectivity index (χ1n) is 4.99. The Balaban J connectivity index is 2.50. The number of rotatable bonds is 4. The normalized spacial score (nSPS) is 11.1. The molecule has 0 saturated heterocycles. The van der Waals surface area contributed by atoms with Crippen LogP contribution in [0.2, 0.25) is 0 Å². The summed E-state index contributed by atoms with van der Waals surface area (Å²) in [5.74, 6) is -1.42. The summed E-state index contributed by atoms with van der Waals surface area (Å²) in [7, 11) is 0. The van der Waals surface area contributed by atoms with E-state index < -0.39 is 24.6 Å². The molecular formula is C11H11N3O4. The average Bonchev–Trinajstić information content (AvgIpc) is 2.36. The molecule has 7 heteroatoms. The second kappa shape index (κ2) is 6.22. The zero-order valence-electron chi connectivity index (χ0n) is 9.25. The van der Waals surface area contributed by atoms with Crippen LogP contribution in [-0.2, 0) is 4.79 Å². The summed E-state index contributed by atoms with van der Waals surface area (Å²) >= 11 is 0. The molecule has 0 aliphatic carbocycles. The number of nitrogens with one attached hydrogen (secondary N) is 2. The largest absolute Gasteiger partial charge is 0.479 e. The van der Waals surface area contributed by atoms with E-state index in [9.17, 15) is 9.59 Å². The quantitative estimate of drug-likeness (QED) is 0.603. The van der Waals surface area contributed by atoms with Crippen molar-refractivity contribution in [3.63, 3.8) is 0 Å². The first-order chi connectivity index (χ1) is 8.52. The van der Waals surface area contributed by atoms with Crippen molar-refractivity contribution in [2.24, 2.45) is 0 Å². The molecule has 0 aromatic heterocycles. The van der Waals surface area contributed by atoms with Crippen molar-refractivity contribution in [2.75, 3.05) is 11.9 Å². The number of urea groups is 1. The van der Waals surface area contributed by atoms with Gasteiger partial charge in [-0.1, -0.05) is 6.07 Å². The number of benzene rings is 1. The molecule has 0 bridgehead atoms. The van der Waals surface area contributed by atoms with Gasteiger partial charge >= 0.3 is 12.0 Å². The van der Waals surface area contributed by atoms with E-state index in [1.54, 1.807) is 18.2 Å². The Morgan fingerprint density at radius 2 is 2.17 bits per heavy atom. The molecule has 4 N–H and O–H groups in total. The number of carbonyl (C=O) groups excluding carboxylic acids is 1. The van der Waals surface area contributed by atoms with Crippen molar-refractivity contribution in [3.05, 3.63) is 29.8 Å². The number of carboxylic acid groups (broad SMARTS) is 1. The van der Waals surface area contributed by atoms with Crippen LogP contribution in [-0.4, -0.2) is 34.9 Å². The van der Waals surface area contributed by atoms with Crippen LogP contribution in [0.5, 0.6) is 0 Å². The van der Waals surface area contributed by atoms with Crippen LogP contribution < -0.4 is 10.6 Å². The molecule has 1 rings (SSSR count). The third-order valence-corrected chi connectivity index (χ3v) is 1.99. The standard InChI is InChI=1S/C11H11N3O4/c12-5-7-2-1-3-8(4-7)14-11(18)13-6-9(15)10(16)17/h1-4,9,15H,6H2,(H,16,17)(H2,13,14,18)/t9-/m0/s1. The number of aliphatic hydroxyl groups excluding tert-OH is 1. The van der Waals surface area contributed by atoms with Crippen molar-refractivity contribution in [1.82, 2.24) is 5.32 Å². The maximum atomic E-state index is 11.3. The van der Waals surface area contributed by atoms with E-state index in [4.69, 9.17) is 15.5 Å². The van der Waals surface area contributed by atoms with Crippen molar-refractivity contribution in [1.29, 1.82) is 5.26 Å². The van der Waals surface area contributed by atoms with Crippen LogP contribution in [0.1, 0.15) is 5.56 Å². The minimum absolute atomic E-state index is 0.387. The summed E-state index contributed by atoms with van der Waals surface area (Å²) in [6.45, 7) is -0.404. The predicted octanol–water partition coefficient (Wildman–Crippen LogP) is 0.125. The minimum Gasteiger partial charge on any atom is -0.479 e. The Labute approximate surface area is 103 Å². The number of aliphatic hydroxyl groups is 1. The van der Waals surface area contributed by atoms with Gasteiger partial charge in [0, 0.05) is 5.69 Å². The summed E-state index contributed by atoms with van der Waals surface area (Å²) in [5, 5.41) is 30.6. The van der Waals surface area contributed by atoms with Gasteiger partial charge in [-0.15, -0.1) is 0 Å². The van der Waals surface area contributed by atoms with Gasteiger partial charge in [0.2, 0.25) is 0 Å². The number of nitrogens with zero attached hydrogens (tertiary/aromatic N) is 1. The Bertz CT molecular complexity index is 495. The van der Waals surface area contributed by atoms with Gasteiger partial charge in [-0.3, -0.25) is 0 Å². The fraction of sp³-hybridized carbons (Fsp3) is 0.182. The summed E-state index contributed by atoms with van der Waals surface area (Å²) in [6, 6.07) is 7.48. The van der Waals surface area contributed by atoms with Gasteiger partial charge in [-0.25, -0.2) is 9.59 Å². The Morgan fingerprint density at radius 1 is 1.44 bits per heavy atom. The molecule has 0 aliphatic rings. The molecular weight excluding hydrogens is 238 g/mol. The number of carboxylic acids is 1. The van der Waals surface area contributed by atoms with E-state index in [0.717, 1.165) is 0 Å². The van der Waals surface area contributed by atoms with Crippen LogP contribution in [0.3, 0.4) is 0 Å². The summed E-state index contributed by atoms with van der Waals surface area (Å²) < 4.78 is 0. The maximum Gasteiger partial charge on any atom is 0.334 e. The van der Waals surface area contributed by atoms with Gasteiger partial charge < -0.3 is 20.8 Å². The Kier molecular flexibility index (Phi) is 4.66. The number of carbonyl (C=O) groups is 2. The molecule has 2 amide bonds. The van der Waals surface area contributed by atoms with Gasteiger partial charge in [0.05, 0.1) is 18.2 Å². The van der Waals surface area contributed by atoms with E-state index in [1.165, 1.54) is 6.07 Å². The number of anilines is 1. The van der Waals surface area contributed by atoms with Crippen molar-refractivity contribution < 1.29 is 19.8 Å². The first-order valence-corrected chi connectivity index (χ1v) is 4.99. The SMILES string of the molecule is N#Cc1cccc(NC(=O)NC[C@H](O)C(=O)O)c1. The molecule has 0 heterocycles. The third-order valence-electron chi connectivity index (χ3n) is 1.99. The smallest absolute Gasteiger partial charge is 0.334 e. The lowest BCUT2D eigenvalue weighted by atomic mass is 10.2. The van der Waals surface area contributed by atoms with Crippen LogP contribution in [0, 0.1) is 11.3 Å². The predicted molar refractivity (Wildman–Crippen MR) is 61.8 cm³/mol. The highest BCUT2D eigenvalue weighted by Gasteiger charge is 2.13. The molecule has 94 valence electrons.